The molecule has 6 heteroatoms. The summed E-state index contributed by atoms with van der Waals surface area (Å²) in [5.41, 5.74) is 5.76. The Hall–Kier alpha value is -3.02. The predicted octanol–water partition coefficient (Wildman–Crippen LogP) is 5.14. The monoisotopic (exact) mass is 415 g/mol. The lowest BCUT2D eigenvalue weighted by molar-refractivity contribution is -0.119. The molecule has 31 heavy (non-hydrogen) atoms. The zero-order valence-electron chi connectivity index (χ0n) is 18.6. The molecular weight excluding hydrogens is 386 g/mol. The number of nitrogens with one attached hydrogen (secondary N) is 1. The summed E-state index contributed by atoms with van der Waals surface area (Å²) in [5, 5.41) is 16.7. The van der Waals surface area contributed by atoms with E-state index < -0.39 is 5.41 Å². The van der Waals surface area contributed by atoms with Gasteiger partial charge in [0.1, 0.15) is 0 Å². The van der Waals surface area contributed by atoms with E-state index in [1.54, 1.807) is 0 Å². The van der Waals surface area contributed by atoms with Crippen molar-refractivity contribution < 1.29 is 4.79 Å². The van der Waals surface area contributed by atoms with Crippen molar-refractivity contribution in [3.8, 4) is 11.3 Å². The first-order valence-electron chi connectivity index (χ1n) is 11.2. The standard InChI is InChI=1S/C25H29N5O/c1-5-25(17-9-7-8-16(12-17)20-10-11-27-30(20)6-2)18-15-26-29-23(18)28-19-13-24(3,4)14-21(31)22(19)25/h7-12,15,23,28H,5-6,13-14H2,1-4H3. The molecule has 5 rings (SSSR count). The van der Waals surface area contributed by atoms with E-state index in [2.05, 4.69) is 72.6 Å². The van der Waals surface area contributed by atoms with E-state index in [0.29, 0.717) is 6.42 Å². The molecule has 2 atom stereocenters. The zero-order valence-corrected chi connectivity index (χ0v) is 18.6. The van der Waals surface area contributed by atoms with Gasteiger partial charge in [-0.3, -0.25) is 9.48 Å². The number of aryl methyl sites for hydroxylation is 1. The topological polar surface area (TPSA) is 71.6 Å². The summed E-state index contributed by atoms with van der Waals surface area (Å²) >= 11 is 0. The lowest BCUT2D eigenvalue weighted by Crippen LogP contribution is -2.51. The highest BCUT2D eigenvalue weighted by Gasteiger charge is 2.52. The minimum atomic E-state index is -0.518. The van der Waals surface area contributed by atoms with Crippen molar-refractivity contribution in [2.45, 2.75) is 65.1 Å². The summed E-state index contributed by atoms with van der Waals surface area (Å²) in [7, 11) is 0. The van der Waals surface area contributed by atoms with E-state index >= 15 is 0 Å². The van der Waals surface area contributed by atoms with Gasteiger partial charge in [-0.2, -0.15) is 15.3 Å². The molecule has 0 saturated heterocycles. The SMILES string of the molecule is CCn1nccc1-c1cccc(C2(CC)C3=CN=NC3NC3=C2C(=O)CC(C)(C)C3)c1. The fraction of sp³-hybridized carbons (Fsp3) is 0.440. The lowest BCUT2D eigenvalue weighted by Gasteiger charge is -2.47. The van der Waals surface area contributed by atoms with Crippen LogP contribution in [0.25, 0.3) is 11.3 Å². The number of carbonyl (C=O) groups excluding carboxylic acids is 1. The number of hydrogen-bond acceptors (Lipinski definition) is 5. The number of nitrogens with zero attached hydrogens (tertiary/aromatic N) is 4. The molecule has 0 saturated carbocycles. The van der Waals surface area contributed by atoms with Crippen molar-refractivity contribution in [3.05, 3.63) is 65.1 Å². The van der Waals surface area contributed by atoms with Crippen LogP contribution in [0.5, 0.6) is 0 Å². The molecule has 0 spiro atoms. The summed E-state index contributed by atoms with van der Waals surface area (Å²) in [6.07, 6.45) is 5.68. The van der Waals surface area contributed by atoms with Gasteiger partial charge in [0.25, 0.3) is 0 Å². The quantitative estimate of drug-likeness (QED) is 0.751. The van der Waals surface area contributed by atoms with Crippen LogP contribution in [-0.4, -0.2) is 21.7 Å². The maximum Gasteiger partial charge on any atom is 0.164 e. The lowest BCUT2D eigenvalue weighted by atomic mass is 9.58. The Morgan fingerprint density at radius 2 is 2.03 bits per heavy atom. The number of ketones is 1. The molecule has 0 amide bonds. The molecular formula is C25H29N5O. The summed E-state index contributed by atoms with van der Waals surface area (Å²) in [4.78, 5) is 13.6. The van der Waals surface area contributed by atoms with Crippen LogP contribution in [-0.2, 0) is 16.8 Å². The van der Waals surface area contributed by atoms with Gasteiger partial charge in [-0.1, -0.05) is 39.0 Å². The Balaban J connectivity index is 1.74. The number of Topliss-reactive ketones (excluding diaryl/α,β-unsaturated/α-hetero) is 1. The number of carbonyl (C=O) groups is 1. The van der Waals surface area contributed by atoms with Gasteiger partial charge in [0, 0.05) is 41.6 Å². The number of fused-ring (bicyclic) bond motifs is 1. The van der Waals surface area contributed by atoms with Crippen molar-refractivity contribution in [2.75, 3.05) is 0 Å². The maximum atomic E-state index is 13.6. The van der Waals surface area contributed by atoms with Crippen molar-refractivity contribution in [1.29, 1.82) is 0 Å². The van der Waals surface area contributed by atoms with Crippen LogP contribution in [0.4, 0.5) is 0 Å². The molecule has 1 N–H and O–H groups in total. The highest BCUT2D eigenvalue weighted by molar-refractivity contribution is 6.01. The molecule has 6 nitrogen and oxygen atoms in total. The van der Waals surface area contributed by atoms with Gasteiger partial charge in [-0.15, -0.1) is 0 Å². The molecule has 160 valence electrons. The van der Waals surface area contributed by atoms with Crippen molar-refractivity contribution in [2.24, 2.45) is 15.6 Å². The molecule has 1 aromatic carbocycles. The van der Waals surface area contributed by atoms with Crippen LogP contribution in [0.1, 0.15) is 52.5 Å². The largest absolute Gasteiger partial charge is 0.362 e. The average Bonchev–Trinajstić information content (AvgIpc) is 3.40. The Labute approximate surface area is 183 Å². The fourth-order valence-electron chi connectivity index (χ4n) is 5.66. The van der Waals surface area contributed by atoms with E-state index in [4.69, 9.17) is 0 Å². The first-order valence-corrected chi connectivity index (χ1v) is 11.2. The smallest absolute Gasteiger partial charge is 0.164 e. The Kier molecular flexibility index (Phi) is 4.50. The number of azo groups is 1. The molecule has 1 aromatic heterocycles. The predicted molar refractivity (Wildman–Crippen MR) is 120 cm³/mol. The number of aromatic nitrogens is 2. The molecule has 3 aliphatic rings. The summed E-state index contributed by atoms with van der Waals surface area (Å²) < 4.78 is 2.00. The van der Waals surface area contributed by atoms with E-state index in [-0.39, 0.29) is 17.4 Å². The summed E-state index contributed by atoms with van der Waals surface area (Å²) in [6.45, 7) is 9.40. The Morgan fingerprint density at radius 3 is 2.81 bits per heavy atom. The Morgan fingerprint density at radius 1 is 1.19 bits per heavy atom. The average molecular weight is 416 g/mol. The third-order valence-corrected chi connectivity index (χ3v) is 6.98. The van der Waals surface area contributed by atoms with Crippen LogP contribution in [0.2, 0.25) is 0 Å². The van der Waals surface area contributed by atoms with Crippen LogP contribution in [0, 0.1) is 5.41 Å². The number of rotatable bonds is 4. The number of allylic oxidation sites excluding steroid dienone is 2. The second kappa shape index (κ2) is 7.01. The van der Waals surface area contributed by atoms with E-state index in [9.17, 15) is 4.79 Å². The van der Waals surface area contributed by atoms with Gasteiger partial charge in [-0.25, -0.2) is 0 Å². The third kappa shape index (κ3) is 2.92. The van der Waals surface area contributed by atoms with Crippen LogP contribution in [0.15, 0.2) is 69.8 Å². The molecule has 0 radical (unpaired) electrons. The molecule has 2 unspecified atom stereocenters. The zero-order chi connectivity index (χ0) is 21.8. The summed E-state index contributed by atoms with van der Waals surface area (Å²) in [6, 6.07) is 10.6. The highest BCUT2D eigenvalue weighted by Crippen LogP contribution is 2.53. The fourth-order valence-corrected chi connectivity index (χ4v) is 5.66. The van der Waals surface area contributed by atoms with Crippen LogP contribution >= 0.6 is 0 Å². The molecule has 1 aliphatic carbocycles. The van der Waals surface area contributed by atoms with Crippen molar-refractivity contribution in [3.63, 3.8) is 0 Å². The molecule has 2 aromatic rings. The second-order valence-corrected chi connectivity index (χ2v) is 9.53. The molecule has 3 heterocycles. The van der Waals surface area contributed by atoms with Gasteiger partial charge < -0.3 is 5.32 Å². The second-order valence-electron chi connectivity index (χ2n) is 9.53. The van der Waals surface area contributed by atoms with Crippen molar-refractivity contribution in [1.82, 2.24) is 15.1 Å². The number of benzene rings is 1. The van der Waals surface area contributed by atoms with E-state index in [1.165, 1.54) is 0 Å². The van der Waals surface area contributed by atoms with E-state index in [1.807, 2.05) is 23.1 Å². The molecule has 0 bridgehead atoms. The van der Waals surface area contributed by atoms with Gasteiger partial charge in [0.05, 0.1) is 17.3 Å². The molecule has 0 fully saturated rings. The van der Waals surface area contributed by atoms with E-state index in [0.717, 1.165) is 53.1 Å². The normalized spacial score (nSPS) is 26.4. The highest BCUT2D eigenvalue weighted by atomic mass is 16.1. The first-order chi connectivity index (χ1) is 14.9. The summed E-state index contributed by atoms with van der Waals surface area (Å²) in [5.74, 6) is 0.232. The first kappa shape index (κ1) is 19.9. The Bertz CT molecular complexity index is 1150. The third-order valence-electron chi connectivity index (χ3n) is 6.98. The van der Waals surface area contributed by atoms with Crippen LogP contribution < -0.4 is 5.32 Å². The van der Waals surface area contributed by atoms with Crippen LogP contribution in [0.3, 0.4) is 0 Å². The van der Waals surface area contributed by atoms with Crippen molar-refractivity contribution >= 4 is 5.78 Å². The van der Waals surface area contributed by atoms with Gasteiger partial charge >= 0.3 is 0 Å². The minimum Gasteiger partial charge on any atom is -0.362 e. The maximum absolute atomic E-state index is 13.6. The van der Waals surface area contributed by atoms with Gasteiger partial charge in [0.15, 0.2) is 11.9 Å². The van der Waals surface area contributed by atoms with Gasteiger partial charge in [0.2, 0.25) is 0 Å². The molecule has 2 aliphatic heterocycles. The minimum absolute atomic E-state index is 0.0607. The number of hydrogen-bond donors (Lipinski definition) is 1. The van der Waals surface area contributed by atoms with Gasteiger partial charge in [-0.05, 0) is 42.9 Å².